The van der Waals surface area contributed by atoms with Crippen LogP contribution in [0.15, 0.2) is 30.3 Å². The molecule has 124 valence electrons. The Morgan fingerprint density at radius 3 is 2.65 bits per heavy atom. The van der Waals surface area contributed by atoms with Crippen LogP contribution < -0.4 is 16.4 Å². The normalized spacial score (nSPS) is 18.3. The third kappa shape index (κ3) is 4.45. The Hall–Kier alpha value is -2.57. The van der Waals surface area contributed by atoms with Crippen molar-refractivity contribution >= 4 is 17.8 Å². The zero-order valence-corrected chi connectivity index (χ0v) is 13.1. The van der Waals surface area contributed by atoms with Crippen LogP contribution in [-0.2, 0) is 16.1 Å². The maximum absolute atomic E-state index is 12.3. The molecular formula is C16H22N4O3. The zero-order valence-electron chi connectivity index (χ0n) is 13.1. The number of benzene rings is 1. The molecule has 7 nitrogen and oxygen atoms in total. The molecule has 2 rings (SSSR count). The second-order valence-electron chi connectivity index (χ2n) is 5.63. The topological polar surface area (TPSA) is 105 Å². The smallest absolute Gasteiger partial charge is 0.315 e. The van der Waals surface area contributed by atoms with Gasteiger partial charge in [0.25, 0.3) is 0 Å². The summed E-state index contributed by atoms with van der Waals surface area (Å²) in [5.41, 5.74) is 6.27. The van der Waals surface area contributed by atoms with Crippen molar-refractivity contribution in [3.8, 4) is 0 Å². The lowest BCUT2D eigenvalue weighted by atomic mass is 10.2. The number of hydrogen-bond donors (Lipinski definition) is 3. The fourth-order valence-corrected chi connectivity index (χ4v) is 2.66. The van der Waals surface area contributed by atoms with E-state index in [9.17, 15) is 14.4 Å². The SMILES string of the molecule is C[C@H](NC(=O)NCc1ccccc1)C(=O)N1CCC[C@H]1C(N)=O. The minimum absolute atomic E-state index is 0.291. The summed E-state index contributed by atoms with van der Waals surface area (Å²) in [7, 11) is 0. The summed E-state index contributed by atoms with van der Waals surface area (Å²) < 4.78 is 0. The molecule has 7 heteroatoms. The van der Waals surface area contributed by atoms with Crippen molar-refractivity contribution < 1.29 is 14.4 Å². The molecule has 1 aliphatic rings. The van der Waals surface area contributed by atoms with Gasteiger partial charge in [-0.05, 0) is 25.3 Å². The number of carbonyl (C=O) groups excluding carboxylic acids is 3. The van der Waals surface area contributed by atoms with E-state index < -0.39 is 24.0 Å². The summed E-state index contributed by atoms with van der Waals surface area (Å²) >= 11 is 0. The Morgan fingerprint density at radius 2 is 2.00 bits per heavy atom. The quantitative estimate of drug-likeness (QED) is 0.729. The lowest BCUT2D eigenvalue weighted by Crippen LogP contribution is -2.53. The van der Waals surface area contributed by atoms with E-state index in [0.29, 0.717) is 19.5 Å². The second-order valence-corrected chi connectivity index (χ2v) is 5.63. The predicted molar refractivity (Wildman–Crippen MR) is 85.2 cm³/mol. The van der Waals surface area contributed by atoms with E-state index in [1.165, 1.54) is 4.90 Å². The van der Waals surface area contributed by atoms with Crippen molar-refractivity contribution in [2.75, 3.05) is 6.54 Å². The Labute approximate surface area is 135 Å². The van der Waals surface area contributed by atoms with E-state index >= 15 is 0 Å². The molecule has 0 spiro atoms. The van der Waals surface area contributed by atoms with Crippen LogP contribution in [0.5, 0.6) is 0 Å². The van der Waals surface area contributed by atoms with E-state index in [1.807, 2.05) is 30.3 Å². The molecule has 0 unspecified atom stereocenters. The molecule has 2 atom stereocenters. The fraction of sp³-hybridized carbons (Fsp3) is 0.438. The first-order valence-electron chi connectivity index (χ1n) is 7.67. The third-order valence-corrected chi connectivity index (χ3v) is 3.88. The fourth-order valence-electron chi connectivity index (χ4n) is 2.66. The lowest BCUT2D eigenvalue weighted by Gasteiger charge is -2.25. The standard InChI is InChI=1S/C16H22N4O3/c1-11(15(22)20-9-5-8-13(20)14(17)21)19-16(23)18-10-12-6-3-2-4-7-12/h2-4,6-7,11,13H,5,8-10H2,1H3,(H2,17,21)(H2,18,19,23)/t11-,13-/m0/s1. The Balaban J connectivity index is 1.83. The van der Waals surface area contributed by atoms with Gasteiger partial charge in [0, 0.05) is 13.1 Å². The van der Waals surface area contributed by atoms with Crippen LogP contribution in [0.4, 0.5) is 4.79 Å². The highest BCUT2D eigenvalue weighted by Gasteiger charge is 2.35. The minimum Gasteiger partial charge on any atom is -0.368 e. The van der Waals surface area contributed by atoms with Gasteiger partial charge in [-0.3, -0.25) is 9.59 Å². The zero-order chi connectivity index (χ0) is 16.8. The number of carbonyl (C=O) groups is 3. The first-order valence-corrected chi connectivity index (χ1v) is 7.67. The van der Waals surface area contributed by atoms with Crippen LogP contribution in [0.3, 0.4) is 0 Å². The van der Waals surface area contributed by atoms with Crippen LogP contribution >= 0.6 is 0 Å². The highest BCUT2D eigenvalue weighted by molar-refractivity contribution is 5.91. The highest BCUT2D eigenvalue weighted by atomic mass is 16.2. The van der Waals surface area contributed by atoms with Crippen molar-refractivity contribution in [1.29, 1.82) is 0 Å². The van der Waals surface area contributed by atoms with E-state index in [2.05, 4.69) is 10.6 Å². The Kier molecular flexibility index (Phi) is 5.56. The van der Waals surface area contributed by atoms with E-state index in [4.69, 9.17) is 5.73 Å². The van der Waals surface area contributed by atoms with Crippen molar-refractivity contribution in [2.24, 2.45) is 5.73 Å². The van der Waals surface area contributed by atoms with Crippen LogP contribution in [0.2, 0.25) is 0 Å². The van der Waals surface area contributed by atoms with Crippen molar-refractivity contribution in [1.82, 2.24) is 15.5 Å². The molecule has 1 heterocycles. The molecule has 1 aliphatic heterocycles. The molecule has 0 radical (unpaired) electrons. The van der Waals surface area contributed by atoms with Crippen molar-refractivity contribution in [3.05, 3.63) is 35.9 Å². The minimum atomic E-state index is -0.717. The number of likely N-dealkylation sites (tertiary alicyclic amines) is 1. The average molecular weight is 318 g/mol. The Bertz CT molecular complexity index is 576. The highest BCUT2D eigenvalue weighted by Crippen LogP contribution is 2.17. The van der Waals surface area contributed by atoms with E-state index in [1.54, 1.807) is 6.92 Å². The van der Waals surface area contributed by atoms with Gasteiger partial charge in [-0.1, -0.05) is 30.3 Å². The number of nitrogens with one attached hydrogen (secondary N) is 2. The summed E-state index contributed by atoms with van der Waals surface area (Å²) in [6.45, 7) is 2.46. The molecule has 0 aliphatic carbocycles. The molecule has 0 aromatic heterocycles. The maximum atomic E-state index is 12.3. The molecule has 23 heavy (non-hydrogen) atoms. The summed E-state index contributed by atoms with van der Waals surface area (Å²) in [5.74, 6) is -0.794. The average Bonchev–Trinajstić information content (AvgIpc) is 3.03. The van der Waals surface area contributed by atoms with Crippen LogP contribution in [0.25, 0.3) is 0 Å². The number of primary amides is 1. The monoisotopic (exact) mass is 318 g/mol. The summed E-state index contributed by atoms with van der Waals surface area (Å²) in [4.78, 5) is 37.0. The number of nitrogens with two attached hydrogens (primary N) is 1. The number of rotatable bonds is 5. The van der Waals surface area contributed by atoms with Gasteiger partial charge in [-0.2, -0.15) is 0 Å². The molecule has 1 aromatic carbocycles. The molecular weight excluding hydrogens is 296 g/mol. The van der Waals surface area contributed by atoms with Gasteiger partial charge in [0.05, 0.1) is 0 Å². The largest absolute Gasteiger partial charge is 0.368 e. The van der Waals surface area contributed by atoms with Gasteiger partial charge < -0.3 is 21.3 Å². The first kappa shape index (κ1) is 16.8. The Morgan fingerprint density at radius 1 is 1.30 bits per heavy atom. The molecule has 4 amide bonds. The summed E-state index contributed by atoms with van der Waals surface area (Å²) in [6, 6.07) is 7.76. The lowest BCUT2D eigenvalue weighted by molar-refractivity contribution is -0.138. The van der Waals surface area contributed by atoms with Crippen molar-refractivity contribution in [3.63, 3.8) is 0 Å². The van der Waals surface area contributed by atoms with Crippen molar-refractivity contribution in [2.45, 2.75) is 38.4 Å². The van der Waals surface area contributed by atoms with Gasteiger partial charge in [-0.15, -0.1) is 0 Å². The molecule has 1 aromatic rings. The van der Waals surface area contributed by atoms with Gasteiger partial charge >= 0.3 is 6.03 Å². The third-order valence-electron chi connectivity index (χ3n) is 3.88. The van der Waals surface area contributed by atoms with E-state index in [-0.39, 0.29) is 5.91 Å². The molecule has 4 N–H and O–H groups in total. The summed E-state index contributed by atoms with van der Waals surface area (Å²) in [6.07, 6.45) is 1.32. The number of amides is 4. The van der Waals surface area contributed by atoms with Gasteiger partial charge in [0.1, 0.15) is 12.1 Å². The van der Waals surface area contributed by atoms with Crippen LogP contribution in [0.1, 0.15) is 25.3 Å². The number of hydrogen-bond acceptors (Lipinski definition) is 3. The van der Waals surface area contributed by atoms with E-state index in [0.717, 1.165) is 12.0 Å². The maximum Gasteiger partial charge on any atom is 0.315 e. The molecule has 0 saturated carbocycles. The molecule has 1 saturated heterocycles. The second kappa shape index (κ2) is 7.62. The number of urea groups is 1. The van der Waals surface area contributed by atoms with Crippen LogP contribution in [0, 0.1) is 0 Å². The van der Waals surface area contributed by atoms with Gasteiger partial charge in [0.15, 0.2) is 0 Å². The van der Waals surface area contributed by atoms with Gasteiger partial charge in [0.2, 0.25) is 11.8 Å². The van der Waals surface area contributed by atoms with Crippen LogP contribution in [-0.4, -0.2) is 41.4 Å². The molecule has 1 fully saturated rings. The summed E-state index contributed by atoms with van der Waals surface area (Å²) in [5, 5.41) is 5.29. The van der Waals surface area contributed by atoms with Gasteiger partial charge in [-0.25, -0.2) is 4.79 Å². The molecule has 0 bridgehead atoms. The number of nitrogens with zero attached hydrogens (tertiary/aromatic N) is 1. The predicted octanol–water partition coefficient (Wildman–Crippen LogP) is 0.351. The first-order chi connectivity index (χ1) is 11.0.